The minimum atomic E-state index is -0.499. The third-order valence-corrected chi connectivity index (χ3v) is 3.30. The van der Waals surface area contributed by atoms with Crippen molar-refractivity contribution in [2.45, 2.75) is 45.3 Å². The maximum atomic E-state index is 11.9. The van der Waals surface area contributed by atoms with Crippen LogP contribution in [-0.2, 0) is 14.3 Å². The second kappa shape index (κ2) is 4.88. The predicted octanol–water partition coefficient (Wildman–Crippen LogP) is 1.60. The average Bonchev–Trinajstić information content (AvgIpc) is 2.27. The summed E-state index contributed by atoms with van der Waals surface area (Å²) < 4.78 is 10.9. The van der Waals surface area contributed by atoms with E-state index in [-0.39, 0.29) is 23.9 Å². The van der Waals surface area contributed by atoms with Gasteiger partial charge in [0.2, 0.25) is 0 Å². The molecule has 102 valence electrons. The quantitative estimate of drug-likeness (QED) is 0.659. The van der Waals surface area contributed by atoms with E-state index in [1.165, 1.54) is 0 Å². The van der Waals surface area contributed by atoms with E-state index >= 15 is 0 Å². The summed E-state index contributed by atoms with van der Waals surface area (Å²) in [5.41, 5.74) is -0.499. The zero-order valence-electron chi connectivity index (χ0n) is 11.3. The molecule has 0 N–H and O–H groups in total. The molecule has 2 aliphatic heterocycles. The van der Waals surface area contributed by atoms with E-state index in [9.17, 15) is 9.59 Å². The molecule has 0 saturated carbocycles. The number of Topliss-reactive ketones (excluding diaryl/α,β-unsaturated/α-hetero) is 1. The fourth-order valence-electron chi connectivity index (χ4n) is 2.43. The number of ether oxygens (including phenoxy) is 2. The lowest BCUT2D eigenvalue weighted by Crippen LogP contribution is -2.52. The van der Waals surface area contributed by atoms with Gasteiger partial charge in [-0.1, -0.05) is 0 Å². The second-order valence-corrected chi connectivity index (χ2v) is 5.95. The number of hydrogen-bond donors (Lipinski definition) is 0. The van der Waals surface area contributed by atoms with Crippen LogP contribution in [-0.4, -0.2) is 48.2 Å². The van der Waals surface area contributed by atoms with Gasteiger partial charge in [0.15, 0.2) is 0 Å². The van der Waals surface area contributed by atoms with Gasteiger partial charge in [-0.15, -0.1) is 0 Å². The highest BCUT2D eigenvalue weighted by atomic mass is 16.6. The highest BCUT2D eigenvalue weighted by Gasteiger charge is 2.39. The highest BCUT2D eigenvalue weighted by Crippen LogP contribution is 2.27. The molecule has 0 aliphatic carbocycles. The summed E-state index contributed by atoms with van der Waals surface area (Å²) in [6.45, 7) is 7.07. The molecule has 1 amide bonds. The number of rotatable bonds is 0. The van der Waals surface area contributed by atoms with Gasteiger partial charge in [0, 0.05) is 19.5 Å². The number of nitrogens with zero attached hydrogens (tertiary/aromatic N) is 1. The van der Waals surface area contributed by atoms with E-state index in [2.05, 4.69) is 0 Å². The van der Waals surface area contributed by atoms with Crippen molar-refractivity contribution in [3.8, 4) is 0 Å². The Balaban J connectivity index is 1.96. The predicted molar refractivity (Wildman–Crippen MR) is 65.3 cm³/mol. The standard InChI is InChI=1S/C13H21NO4/c1-13(2,3)18-12(16)14-6-4-11-9(8-14)10(15)5-7-17-11/h9,11H,4-8H2,1-3H3/t9-,11-/m1/s1. The fraction of sp³-hybridized carbons (Fsp3) is 0.846. The molecule has 2 saturated heterocycles. The first-order valence-electron chi connectivity index (χ1n) is 6.49. The summed E-state index contributed by atoms with van der Waals surface area (Å²) in [6.07, 6.45) is 0.836. The molecule has 0 unspecified atom stereocenters. The Morgan fingerprint density at radius 3 is 2.83 bits per heavy atom. The van der Waals surface area contributed by atoms with Crippen molar-refractivity contribution < 1.29 is 19.1 Å². The SMILES string of the molecule is CC(C)(C)OC(=O)N1CC[C@H]2OCCC(=O)[C@H]2C1. The van der Waals surface area contributed by atoms with Gasteiger partial charge < -0.3 is 14.4 Å². The number of carbonyl (C=O) groups is 2. The Labute approximate surface area is 107 Å². The maximum absolute atomic E-state index is 11.9. The first-order chi connectivity index (χ1) is 8.37. The van der Waals surface area contributed by atoms with Crippen LogP contribution in [0.15, 0.2) is 0 Å². The summed E-state index contributed by atoms with van der Waals surface area (Å²) >= 11 is 0. The number of amides is 1. The van der Waals surface area contributed by atoms with Crippen LogP contribution in [0.2, 0.25) is 0 Å². The van der Waals surface area contributed by atoms with Gasteiger partial charge in [-0.05, 0) is 27.2 Å². The molecule has 2 atom stereocenters. The van der Waals surface area contributed by atoms with Crippen molar-refractivity contribution in [2.75, 3.05) is 19.7 Å². The smallest absolute Gasteiger partial charge is 0.410 e. The van der Waals surface area contributed by atoms with Gasteiger partial charge in [-0.25, -0.2) is 4.79 Å². The third kappa shape index (κ3) is 3.02. The molecular formula is C13H21NO4. The molecule has 0 aromatic carbocycles. The monoisotopic (exact) mass is 255 g/mol. The van der Waals surface area contributed by atoms with Crippen LogP contribution in [0, 0.1) is 5.92 Å². The van der Waals surface area contributed by atoms with E-state index in [0.29, 0.717) is 26.1 Å². The second-order valence-electron chi connectivity index (χ2n) is 5.95. The topological polar surface area (TPSA) is 55.8 Å². The number of hydrogen-bond acceptors (Lipinski definition) is 4. The van der Waals surface area contributed by atoms with Crippen LogP contribution in [0.25, 0.3) is 0 Å². The molecule has 0 spiro atoms. The van der Waals surface area contributed by atoms with Crippen LogP contribution in [0.5, 0.6) is 0 Å². The molecule has 5 nitrogen and oxygen atoms in total. The highest BCUT2D eigenvalue weighted by molar-refractivity contribution is 5.83. The van der Waals surface area contributed by atoms with E-state index < -0.39 is 5.60 Å². The summed E-state index contributed by atoms with van der Waals surface area (Å²) in [7, 11) is 0. The maximum Gasteiger partial charge on any atom is 0.410 e. The lowest BCUT2D eigenvalue weighted by atomic mass is 9.87. The normalized spacial score (nSPS) is 28.8. The van der Waals surface area contributed by atoms with Crippen LogP contribution in [0.1, 0.15) is 33.6 Å². The zero-order valence-corrected chi connectivity index (χ0v) is 11.3. The van der Waals surface area contributed by atoms with Crippen LogP contribution in [0.4, 0.5) is 4.79 Å². The molecule has 2 rings (SSSR count). The molecule has 0 aromatic rings. The van der Waals surface area contributed by atoms with Crippen molar-refractivity contribution in [3.63, 3.8) is 0 Å². The summed E-state index contributed by atoms with van der Waals surface area (Å²) in [5.74, 6) is 0.0412. The fourth-order valence-corrected chi connectivity index (χ4v) is 2.43. The zero-order chi connectivity index (χ0) is 13.3. The molecule has 0 aromatic heterocycles. The Hall–Kier alpha value is -1.10. The lowest BCUT2D eigenvalue weighted by Gasteiger charge is -2.40. The largest absolute Gasteiger partial charge is 0.444 e. The summed E-state index contributed by atoms with van der Waals surface area (Å²) in [6, 6.07) is 0. The van der Waals surface area contributed by atoms with Crippen molar-refractivity contribution >= 4 is 11.9 Å². The van der Waals surface area contributed by atoms with E-state index in [0.717, 1.165) is 6.42 Å². The molecule has 5 heteroatoms. The lowest BCUT2D eigenvalue weighted by molar-refractivity contribution is -0.142. The molecule has 2 aliphatic rings. The molecule has 2 fully saturated rings. The average molecular weight is 255 g/mol. The van der Waals surface area contributed by atoms with Crippen LogP contribution in [0.3, 0.4) is 0 Å². The molecule has 18 heavy (non-hydrogen) atoms. The summed E-state index contributed by atoms with van der Waals surface area (Å²) in [5, 5.41) is 0. The Morgan fingerprint density at radius 1 is 1.44 bits per heavy atom. The molecule has 0 radical (unpaired) electrons. The van der Waals surface area contributed by atoms with Crippen molar-refractivity contribution in [1.29, 1.82) is 0 Å². The van der Waals surface area contributed by atoms with E-state index in [1.54, 1.807) is 4.90 Å². The number of fused-ring (bicyclic) bond motifs is 1. The molecule has 2 heterocycles. The van der Waals surface area contributed by atoms with Crippen LogP contribution < -0.4 is 0 Å². The first kappa shape index (κ1) is 13.3. The van der Waals surface area contributed by atoms with Gasteiger partial charge in [0.05, 0.1) is 18.6 Å². The number of ketones is 1. The Morgan fingerprint density at radius 2 is 2.17 bits per heavy atom. The number of likely N-dealkylation sites (tertiary alicyclic amines) is 1. The van der Waals surface area contributed by atoms with Gasteiger partial charge in [-0.2, -0.15) is 0 Å². The third-order valence-electron chi connectivity index (χ3n) is 3.30. The summed E-state index contributed by atoms with van der Waals surface area (Å²) in [4.78, 5) is 25.4. The van der Waals surface area contributed by atoms with Gasteiger partial charge >= 0.3 is 6.09 Å². The van der Waals surface area contributed by atoms with E-state index in [4.69, 9.17) is 9.47 Å². The van der Waals surface area contributed by atoms with Gasteiger partial charge in [0.1, 0.15) is 11.4 Å². The Kier molecular flexibility index (Phi) is 3.61. The van der Waals surface area contributed by atoms with Crippen molar-refractivity contribution in [1.82, 2.24) is 4.90 Å². The first-order valence-corrected chi connectivity index (χ1v) is 6.49. The van der Waals surface area contributed by atoms with Crippen molar-refractivity contribution in [2.24, 2.45) is 5.92 Å². The van der Waals surface area contributed by atoms with E-state index in [1.807, 2.05) is 20.8 Å². The molecule has 0 bridgehead atoms. The van der Waals surface area contributed by atoms with Crippen molar-refractivity contribution in [3.05, 3.63) is 0 Å². The molecular weight excluding hydrogens is 234 g/mol. The number of piperidine rings is 1. The van der Waals surface area contributed by atoms with Gasteiger partial charge in [-0.3, -0.25) is 4.79 Å². The van der Waals surface area contributed by atoms with Gasteiger partial charge in [0.25, 0.3) is 0 Å². The Bertz CT molecular complexity index is 347. The minimum absolute atomic E-state index is 0.00932. The minimum Gasteiger partial charge on any atom is -0.444 e. The number of carbonyl (C=O) groups excluding carboxylic acids is 2. The van der Waals surface area contributed by atoms with Crippen LogP contribution >= 0.6 is 0 Å².